The molecule has 0 aromatic carbocycles. The standard InChI is InChI=1S/C8H15N3/c1-4-8(2,3)6-5-7(9)11-10-6/h5H,4H2,1-3H3,(H3,9,10,11). The van der Waals surface area contributed by atoms with E-state index in [1.165, 1.54) is 0 Å². The number of hydrogen-bond acceptors (Lipinski definition) is 2. The largest absolute Gasteiger partial charge is 0.382 e. The average molecular weight is 153 g/mol. The van der Waals surface area contributed by atoms with Crippen LogP contribution in [0.25, 0.3) is 0 Å². The van der Waals surface area contributed by atoms with Crippen LogP contribution in [0.3, 0.4) is 0 Å². The summed E-state index contributed by atoms with van der Waals surface area (Å²) in [4.78, 5) is 0. The molecule has 0 unspecified atom stereocenters. The smallest absolute Gasteiger partial charge is 0.145 e. The van der Waals surface area contributed by atoms with Crippen LogP contribution in [0.1, 0.15) is 32.9 Å². The molecule has 1 aromatic rings. The van der Waals surface area contributed by atoms with Crippen LogP contribution in [-0.4, -0.2) is 10.2 Å². The minimum absolute atomic E-state index is 0.157. The first-order valence-electron chi connectivity index (χ1n) is 3.87. The van der Waals surface area contributed by atoms with Gasteiger partial charge in [-0.25, -0.2) is 0 Å². The third kappa shape index (κ3) is 1.53. The van der Waals surface area contributed by atoms with Crippen molar-refractivity contribution in [3.63, 3.8) is 0 Å². The number of rotatable bonds is 2. The molecule has 0 fully saturated rings. The normalized spacial score (nSPS) is 11.9. The molecule has 1 rings (SSSR count). The molecule has 1 aromatic heterocycles. The highest BCUT2D eigenvalue weighted by molar-refractivity contribution is 5.31. The average Bonchev–Trinajstić information content (AvgIpc) is 2.36. The molecule has 0 spiro atoms. The predicted octanol–water partition coefficient (Wildman–Crippen LogP) is 1.68. The Morgan fingerprint density at radius 3 is 2.64 bits per heavy atom. The highest BCUT2D eigenvalue weighted by Gasteiger charge is 2.19. The Morgan fingerprint density at radius 2 is 2.27 bits per heavy atom. The first-order chi connectivity index (χ1) is 5.06. The molecule has 0 atom stereocenters. The molecule has 3 N–H and O–H groups in total. The van der Waals surface area contributed by atoms with Gasteiger partial charge in [0.05, 0.1) is 0 Å². The van der Waals surface area contributed by atoms with E-state index in [1.807, 2.05) is 6.07 Å². The lowest BCUT2D eigenvalue weighted by Crippen LogP contribution is -2.15. The maximum absolute atomic E-state index is 5.49. The monoisotopic (exact) mass is 153 g/mol. The highest BCUT2D eigenvalue weighted by atomic mass is 15.2. The predicted molar refractivity (Wildman–Crippen MR) is 46.3 cm³/mol. The molecule has 0 aliphatic heterocycles. The third-order valence-corrected chi connectivity index (χ3v) is 2.21. The Morgan fingerprint density at radius 1 is 1.64 bits per heavy atom. The van der Waals surface area contributed by atoms with Crippen LogP contribution in [0.2, 0.25) is 0 Å². The zero-order valence-corrected chi connectivity index (χ0v) is 7.31. The summed E-state index contributed by atoms with van der Waals surface area (Å²) in [5.74, 6) is 0.571. The van der Waals surface area contributed by atoms with Crippen molar-refractivity contribution < 1.29 is 0 Å². The van der Waals surface area contributed by atoms with Gasteiger partial charge in [-0.2, -0.15) is 5.10 Å². The summed E-state index contributed by atoms with van der Waals surface area (Å²) in [5, 5.41) is 6.81. The van der Waals surface area contributed by atoms with Crippen LogP contribution >= 0.6 is 0 Å². The van der Waals surface area contributed by atoms with E-state index in [1.54, 1.807) is 0 Å². The lowest BCUT2D eigenvalue weighted by molar-refractivity contribution is 0.489. The van der Waals surface area contributed by atoms with Gasteiger partial charge in [-0.05, 0) is 6.42 Å². The molecule has 0 saturated carbocycles. The molecule has 0 aliphatic rings. The Hall–Kier alpha value is -0.990. The fraction of sp³-hybridized carbons (Fsp3) is 0.625. The second kappa shape index (κ2) is 2.57. The number of nitrogens with one attached hydrogen (secondary N) is 1. The van der Waals surface area contributed by atoms with Crippen molar-refractivity contribution in [2.75, 3.05) is 5.73 Å². The van der Waals surface area contributed by atoms with E-state index in [4.69, 9.17) is 5.73 Å². The first-order valence-corrected chi connectivity index (χ1v) is 3.87. The van der Waals surface area contributed by atoms with Gasteiger partial charge in [0.25, 0.3) is 0 Å². The molecule has 62 valence electrons. The summed E-state index contributed by atoms with van der Waals surface area (Å²) in [6.45, 7) is 6.48. The lowest BCUT2D eigenvalue weighted by Gasteiger charge is -2.19. The van der Waals surface area contributed by atoms with Crippen molar-refractivity contribution in [2.24, 2.45) is 0 Å². The topological polar surface area (TPSA) is 54.7 Å². The maximum Gasteiger partial charge on any atom is 0.145 e. The third-order valence-electron chi connectivity index (χ3n) is 2.21. The number of H-pyrrole nitrogens is 1. The van der Waals surface area contributed by atoms with Gasteiger partial charge in [-0.15, -0.1) is 0 Å². The van der Waals surface area contributed by atoms with Crippen molar-refractivity contribution in [1.29, 1.82) is 0 Å². The summed E-state index contributed by atoms with van der Waals surface area (Å²) >= 11 is 0. The van der Waals surface area contributed by atoms with Crippen LogP contribution in [0.15, 0.2) is 6.07 Å². The zero-order valence-electron chi connectivity index (χ0n) is 7.31. The van der Waals surface area contributed by atoms with E-state index >= 15 is 0 Å². The number of nitrogens with zero attached hydrogens (tertiary/aromatic N) is 1. The van der Waals surface area contributed by atoms with E-state index in [9.17, 15) is 0 Å². The number of nitrogen functional groups attached to an aromatic ring is 1. The Bertz CT molecular complexity index is 237. The van der Waals surface area contributed by atoms with E-state index in [2.05, 4.69) is 31.0 Å². The molecule has 11 heavy (non-hydrogen) atoms. The van der Waals surface area contributed by atoms with E-state index < -0.39 is 0 Å². The summed E-state index contributed by atoms with van der Waals surface area (Å²) in [6, 6.07) is 1.89. The van der Waals surface area contributed by atoms with Gasteiger partial charge in [0.1, 0.15) is 5.82 Å². The summed E-state index contributed by atoms with van der Waals surface area (Å²) in [5.41, 5.74) is 6.75. The van der Waals surface area contributed by atoms with Gasteiger partial charge >= 0.3 is 0 Å². The first kappa shape index (κ1) is 8.11. The second-order valence-corrected chi connectivity index (χ2v) is 3.44. The Balaban J connectivity index is 2.92. The molecule has 3 heteroatoms. The molecule has 0 radical (unpaired) electrons. The van der Waals surface area contributed by atoms with Gasteiger partial charge in [-0.3, -0.25) is 5.10 Å². The number of anilines is 1. The molecule has 0 amide bonds. The Kier molecular flexibility index (Phi) is 1.89. The lowest BCUT2D eigenvalue weighted by atomic mass is 9.87. The van der Waals surface area contributed by atoms with E-state index in [-0.39, 0.29) is 5.41 Å². The maximum atomic E-state index is 5.49. The van der Waals surface area contributed by atoms with Crippen molar-refractivity contribution in [3.05, 3.63) is 11.8 Å². The van der Waals surface area contributed by atoms with Crippen molar-refractivity contribution >= 4 is 5.82 Å². The summed E-state index contributed by atoms with van der Waals surface area (Å²) in [6.07, 6.45) is 1.08. The fourth-order valence-electron chi connectivity index (χ4n) is 0.874. The number of aromatic amines is 1. The molecular weight excluding hydrogens is 138 g/mol. The highest BCUT2D eigenvalue weighted by Crippen LogP contribution is 2.25. The molecular formula is C8H15N3. The Labute approximate surface area is 67.0 Å². The van der Waals surface area contributed by atoms with Crippen molar-refractivity contribution in [3.8, 4) is 0 Å². The van der Waals surface area contributed by atoms with Gasteiger partial charge in [0, 0.05) is 17.2 Å². The summed E-state index contributed by atoms with van der Waals surface area (Å²) < 4.78 is 0. The zero-order chi connectivity index (χ0) is 8.48. The quantitative estimate of drug-likeness (QED) is 0.679. The number of aromatic nitrogens is 2. The molecule has 0 bridgehead atoms. The molecule has 0 saturated heterocycles. The van der Waals surface area contributed by atoms with Crippen LogP contribution in [0.4, 0.5) is 5.82 Å². The van der Waals surface area contributed by atoms with Crippen LogP contribution in [-0.2, 0) is 5.41 Å². The van der Waals surface area contributed by atoms with Crippen LogP contribution < -0.4 is 5.73 Å². The van der Waals surface area contributed by atoms with Gasteiger partial charge < -0.3 is 5.73 Å². The van der Waals surface area contributed by atoms with Gasteiger partial charge in [0.15, 0.2) is 0 Å². The molecule has 3 nitrogen and oxygen atoms in total. The van der Waals surface area contributed by atoms with Crippen molar-refractivity contribution in [1.82, 2.24) is 10.2 Å². The van der Waals surface area contributed by atoms with Gasteiger partial charge in [-0.1, -0.05) is 20.8 Å². The van der Waals surface area contributed by atoms with E-state index in [0.717, 1.165) is 12.1 Å². The fourth-order valence-corrected chi connectivity index (χ4v) is 0.874. The molecule has 1 heterocycles. The van der Waals surface area contributed by atoms with Crippen molar-refractivity contribution in [2.45, 2.75) is 32.6 Å². The summed E-state index contributed by atoms with van der Waals surface area (Å²) in [7, 11) is 0. The van der Waals surface area contributed by atoms with Crippen LogP contribution in [0, 0.1) is 0 Å². The second-order valence-electron chi connectivity index (χ2n) is 3.44. The number of nitrogens with two attached hydrogens (primary N) is 1. The molecule has 0 aliphatic carbocycles. The minimum Gasteiger partial charge on any atom is -0.382 e. The van der Waals surface area contributed by atoms with E-state index in [0.29, 0.717) is 5.82 Å². The number of hydrogen-bond donors (Lipinski definition) is 2. The SMILES string of the molecule is CCC(C)(C)c1cc(N)n[nH]1. The van der Waals surface area contributed by atoms with Crippen LogP contribution in [0.5, 0.6) is 0 Å². The van der Waals surface area contributed by atoms with Gasteiger partial charge in [0.2, 0.25) is 0 Å². The minimum atomic E-state index is 0.157.